The van der Waals surface area contributed by atoms with Crippen molar-refractivity contribution in [2.24, 2.45) is 0 Å². The van der Waals surface area contributed by atoms with Crippen molar-refractivity contribution in [1.29, 1.82) is 0 Å². The first kappa shape index (κ1) is 11.0. The lowest BCUT2D eigenvalue weighted by molar-refractivity contribution is -0.310. The highest BCUT2D eigenvalue weighted by Gasteiger charge is 2.71. The maximum Gasteiger partial charge on any atom is 0.485 e. The monoisotopic (exact) mass is 260 g/mol. The number of hydrogen-bond acceptors (Lipinski definition) is 7. The minimum Gasteiger partial charge on any atom is -0.497 e. The molecule has 0 aromatic heterocycles. The molecule has 3 saturated heterocycles. The molecule has 0 spiro atoms. The highest BCUT2D eigenvalue weighted by Crippen LogP contribution is 2.71. The lowest BCUT2D eigenvalue weighted by atomic mass is 10.3. The number of phosphoric acid groups is 1. The SMILES string of the molecule is COc1ccc(OC2(O)OP3(=O)OC2O3)cc1. The predicted octanol–water partition coefficient (Wildman–Crippen LogP) is 1.23. The van der Waals surface area contributed by atoms with Gasteiger partial charge in [0.25, 0.3) is 6.29 Å². The van der Waals surface area contributed by atoms with Crippen LogP contribution >= 0.6 is 7.82 Å². The summed E-state index contributed by atoms with van der Waals surface area (Å²) in [6.07, 6.45) is -1.18. The first-order chi connectivity index (χ1) is 8.03. The molecule has 8 heteroatoms. The number of benzene rings is 1. The lowest BCUT2D eigenvalue weighted by Gasteiger charge is -2.24. The molecule has 2 bridgehead atoms. The molecule has 0 radical (unpaired) electrons. The fourth-order valence-corrected chi connectivity index (χ4v) is 2.78. The number of phosphoric ester groups is 1. The first-order valence-electron chi connectivity index (χ1n) is 4.76. The van der Waals surface area contributed by atoms with Crippen LogP contribution in [0.5, 0.6) is 11.5 Å². The van der Waals surface area contributed by atoms with E-state index in [-0.39, 0.29) is 0 Å². The van der Waals surface area contributed by atoms with E-state index in [0.29, 0.717) is 11.5 Å². The van der Waals surface area contributed by atoms with Gasteiger partial charge in [-0.3, -0.25) is 0 Å². The zero-order valence-corrected chi connectivity index (χ0v) is 9.63. The van der Waals surface area contributed by atoms with E-state index >= 15 is 0 Å². The van der Waals surface area contributed by atoms with E-state index in [4.69, 9.17) is 9.47 Å². The van der Waals surface area contributed by atoms with Crippen molar-refractivity contribution >= 4 is 7.82 Å². The van der Waals surface area contributed by atoms with Crippen LogP contribution in [0.2, 0.25) is 0 Å². The Kier molecular flexibility index (Phi) is 2.23. The summed E-state index contributed by atoms with van der Waals surface area (Å²) in [6, 6.07) is 6.40. The van der Waals surface area contributed by atoms with Crippen LogP contribution in [0.3, 0.4) is 0 Å². The van der Waals surface area contributed by atoms with Crippen LogP contribution in [0.4, 0.5) is 0 Å². The smallest absolute Gasteiger partial charge is 0.485 e. The zero-order valence-electron chi connectivity index (χ0n) is 8.73. The quantitative estimate of drug-likeness (QED) is 0.646. The summed E-state index contributed by atoms with van der Waals surface area (Å²) in [4.78, 5) is 0. The molecule has 92 valence electrons. The van der Waals surface area contributed by atoms with Crippen molar-refractivity contribution in [3.8, 4) is 11.5 Å². The summed E-state index contributed by atoms with van der Waals surface area (Å²) in [5.74, 6) is -1.22. The van der Waals surface area contributed by atoms with Crippen molar-refractivity contribution in [3.05, 3.63) is 24.3 Å². The van der Waals surface area contributed by atoms with E-state index in [1.807, 2.05) is 0 Å². The molecule has 3 heterocycles. The lowest BCUT2D eigenvalue weighted by Crippen LogP contribution is -2.45. The molecule has 1 aromatic rings. The van der Waals surface area contributed by atoms with Gasteiger partial charge in [-0.05, 0) is 24.3 Å². The van der Waals surface area contributed by atoms with E-state index < -0.39 is 20.1 Å². The molecule has 0 aliphatic carbocycles. The molecule has 3 aliphatic rings. The highest BCUT2D eigenvalue weighted by atomic mass is 31.2. The van der Waals surface area contributed by atoms with Crippen molar-refractivity contribution in [2.45, 2.75) is 12.3 Å². The van der Waals surface area contributed by atoms with Crippen LogP contribution in [-0.4, -0.2) is 24.5 Å². The summed E-state index contributed by atoms with van der Waals surface area (Å²) in [7, 11) is -2.04. The molecule has 3 fully saturated rings. The average Bonchev–Trinajstić information content (AvgIpc) is 2.64. The number of methoxy groups -OCH3 is 1. The summed E-state index contributed by atoms with van der Waals surface area (Å²) < 4.78 is 35.4. The van der Waals surface area contributed by atoms with Crippen LogP contribution in [0.15, 0.2) is 24.3 Å². The molecule has 0 amide bonds. The minimum atomic E-state index is -3.57. The Morgan fingerprint density at radius 2 is 1.88 bits per heavy atom. The molecule has 7 nitrogen and oxygen atoms in total. The molecule has 1 N–H and O–H groups in total. The predicted molar refractivity (Wildman–Crippen MR) is 53.2 cm³/mol. The Balaban J connectivity index is 1.76. The molecule has 1 unspecified atom stereocenters. The third-order valence-corrected chi connectivity index (χ3v) is 3.70. The van der Waals surface area contributed by atoms with Gasteiger partial charge in [-0.15, -0.1) is 0 Å². The van der Waals surface area contributed by atoms with Gasteiger partial charge in [-0.2, -0.15) is 0 Å². The maximum absolute atomic E-state index is 11.3. The van der Waals surface area contributed by atoms with Gasteiger partial charge in [0.1, 0.15) is 11.5 Å². The van der Waals surface area contributed by atoms with Crippen molar-refractivity contribution < 1.29 is 32.7 Å². The Hall–Kier alpha value is -1.11. The molecule has 0 saturated carbocycles. The van der Waals surface area contributed by atoms with Gasteiger partial charge in [0.15, 0.2) is 0 Å². The van der Waals surface area contributed by atoms with Crippen LogP contribution in [0.1, 0.15) is 0 Å². The van der Waals surface area contributed by atoms with Gasteiger partial charge < -0.3 is 14.6 Å². The van der Waals surface area contributed by atoms with E-state index in [9.17, 15) is 9.67 Å². The topological polar surface area (TPSA) is 83.5 Å². The number of ether oxygens (including phenoxy) is 2. The molecule has 4 rings (SSSR count). The van der Waals surface area contributed by atoms with E-state index in [1.165, 1.54) is 7.11 Å². The Morgan fingerprint density at radius 3 is 2.35 bits per heavy atom. The fraction of sp³-hybridized carbons (Fsp3) is 0.333. The van der Waals surface area contributed by atoms with Crippen molar-refractivity contribution in [1.82, 2.24) is 0 Å². The highest BCUT2D eigenvalue weighted by molar-refractivity contribution is 7.50. The van der Waals surface area contributed by atoms with Gasteiger partial charge in [-0.25, -0.2) is 18.1 Å². The molecule has 17 heavy (non-hydrogen) atoms. The van der Waals surface area contributed by atoms with Gasteiger partial charge in [0, 0.05) is 0 Å². The Morgan fingerprint density at radius 1 is 1.29 bits per heavy atom. The molecular formula is C9H9O7P. The van der Waals surface area contributed by atoms with Crippen LogP contribution in [0.25, 0.3) is 0 Å². The number of hydrogen-bond donors (Lipinski definition) is 1. The molecule has 3 aliphatic heterocycles. The van der Waals surface area contributed by atoms with Gasteiger partial charge >= 0.3 is 13.8 Å². The average molecular weight is 260 g/mol. The number of aliphatic hydroxyl groups is 1. The Labute approximate surface area is 96.4 Å². The van der Waals surface area contributed by atoms with Crippen LogP contribution in [-0.2, 0) is 18.1 Å². The summed E-state index contributed by atoms with van der Waals surface area (Å²) in [6.45, 7) is 0. The molecular weight excluding hydrogens is 251 g/mol. The van der Waals surface area contributed by atoms with Crippen LogP contribution in [0, 0.1) is 0 Å². The van der Waals surface area contributed by atoms with E-state index in [2.05, 4.69) is 13.6 Å². The van der Waals surface area contributed by atoms with E-state index in [0.717, 1.165) is 0 Å². The normalized spacial score (nSPS) is 38.6. The van der Waals surface area contributed by atoms with Crippen molar-refractivity contribution in [3.63, 3.8) is 0 Å². The summed E-state index contributed by atoms with van der Waals surface area (Å²) in [5.41, 5.74) is 0. The zero-order chi connectivity index (χ0) is 12.1. The number of fused-ring (bicyclic) bond motifs is 1. The van der Waals surface area contributed by atoms with E-state index in [1.54, 1.807) is 24.3 Å². The fourth-order valence-electron chi connectivity index (χ4n) is 1.50. The van der Waals surface area contributed by atoms with Gasteiger partial charge in [-0.1, -0.05) is 0 Å². The summed E-state index contributed by atoms with van der Waals surface area (Å²) in [5, 5.41) is 9.85. The second kappa shape index (κ2) is 3.44. The molecule has 1 aromatic carbocycles. The van der Waals surface area contributed by atoms with Crippen molar-refractivity contribution in [2.75, 3.05) is 7.11 Å². The second-order valence-electron chi connectivity index (χ2n) is 3.49. The second-order valence-corrected chi connectivity index (χ2v) is 4.99. The Bertz CT molecular complexity index is 477. The third kappa shape index (κ3) is 1.72. The third-order valence-electron chi connectivity index (χ3n) is 2.31. The summed E-state index contributed by atoms with van der Waals surface area (Å²) >= 11 is 0. The van der Waals surface area contributed by atoms with Gasteiger partial charge in [0.05, 0.1) is 7.11 Å². The first-order valence-corrected chi connectivity index (χ1v) is 6.22. The number of rotatable bonds is 3. The van der Waals surface area contributed by atoms with Crippen LogP contribution < -0.4 is 9.47 Å². The largest absolute Gasteiger partial charge is 0.497 e. The minimum absolute atomic E-state index is 0.306. The standard InChI is InChI=1S/C9H9O7P/c1-12-6-2-4-7(5-3-6)13-9(10)8-14-17(11,15-8)16-9/h2-5,8,10H,1H3. The van der Waals surface area contributed by atoms with Gasteiger partial charge in [0.2, 0.25) is 0 Å². The maximum atomic E-state index is 11.3. The molecule has 1 atom stereocenters.